The number of halogens is 1. The van der Waals surface area contributed by atoms with Crippen LogP contribution < -0.4 is 10.0 Å². The van der Waals surface area contributed by atoms with Crippen LogP contribution in [0.15, 0.2) is 88.2 Å². The minimum Gasteiger partial charge on any atom is -0.481 e. The Morgan fingerprint density at radius 1 is 0.879 bits per heavy atom. The number of amides is 1. The lowest BCUT2D eigenvalue weighted by Crippen LogP contribution is -2.45. The molecule has 0 unspecified atom stereocenters. The van der Waals surface area contributed by atoms with E-state index in [1.165, 1.54) is 12.1 Å². The standard InChI is InChI=1S/C24H23BrN2O5S/c25-19-9-13-21(14-10-19)33(31,32)27-22(16-18-4-2-1-3-5-18)24(30)26-20-11-6-17(7-12-20)8-15-23(28)29/h1-7,9-14,22,27H,8,15-16H2,(H,26,30)(H,28,29)/t22-/m1/s1. The molecule has 172 valence electrons. The molecule has 1 amide bonds. The first-order valence-corrected chi connectivity index (χ1v) is 12.4. The number of nitrogens with one attached hydrogen (secondary N) is 2. The molecule has 0 saturated heterocycles. The van der Waals surface area contributed by atoms with Crippen LogP contribution in [0.5, 0.6) is 0 Å². The maximum absolute atomic E-state index is 13.1. The van der Waals surface area contributed by atoms with E-state index in [0.29, 0.717) is 12.1 Å². The third kappa shape index (κ3) is 7.52. The molecule has 33 heavy (non-hydrogen) atoms. The van der Waals surface area contributed by atoms with Crippen molar-refractivity contribution in [1.29, 1.82) is 0 Å². The molecule has 3 rings (SSSR count). The zero-order valence-corrected chi connectivity index (χ0v) is 20.0. The molecule has 0 aliphatic heterocycles. The molecule has 0 saturated carbocycles. The number of aliphatic carboxylic acids is 1. The van der Waals surface area contributed by atoms with Crippen LogP contribution in [0.1, 0.15) is 17.5 Å². The van der Waals surface area contributed by atoms with Crippen molar-refractivity contribution in [3.05, 3.63) is 94.5 Å². The van der Waals surface area contributed by atoms with Crippen molar-refractivity contribution in [2.75, 3.05) is 5.32 Å². The molecule has 0 aliphatic carbocycles. The van der Waals surface area contributed by atoms with Gasteiger partial charge in [-0.15, -0.1) is 0 Å². The highest BCUT2D eigenvalue weighted by molar-refractivity contribution is 9.10. The predicted molar refractivity (Wildman–Crippen MR) is 129 cm³/mol. The maximum Gasteiger partial charge on any atom is 0.303 e. The first-order chi connectivity index (χ1) is 15.7. The Bertz CT molecular complexity index is 1200. The molecule has 0 aliphatic rings. The summed E-state index contributed by atoms with van der Waals surface area (Å²) in [6.07, 6.45) is 0.564. The van der Waals surface area contributed by atoms with Gasteiger partial charge in [-0.1, -0.05) is 58.4 Å². The minimum atomic E-state index is -3.94. The number of hydrogen-bond acceptors (Lipinski definition) is 4. The van der Waals surface area contributed by atoms with Crippen molar-refractivity contribution in [2.24, 2.45) is 0 Å². The van der Waals surface area contributed by atoms with Crippen LogP contribution in [0, 0.1) is 0 Å². The molecular formula is C24H23BrN2O5S. The van der Waals surface area contributed by atoms with Gasteiger partial charge in [0.25, 0.3) is 0 Å². The fraction of sp³-hybridized carbons (Fsp3) is 0.167. The van der Waals surface area contributed by atoms with E-state index in [1.54, 1.807) is 36.4 Å². The van der Waals surface area contributed by atoms with Gasteiger partial charge in [-0.2, -0.15) is 4.72 Å². The molecule has 7 nitrogen and oxygen atoms in total. The number of anilines is 1. The second kappa shape index (κ2) is 11.2. The van der Waals surface area contributed by atoms with Gasteiger partial charge >= 0.3 is 5.97 Å². The number of aryl methyl sites for hydroxylation is 1. The highest BCUT2D eigenvalue weighted by Gasteiger charge is 2.26. The van der Waals surface area contributed by atoms with Crippen LogP contribution in [-0.2, 0) is 32.5 Å². The summed E-state index contributed by atoms with van der Waals surface area (Å²) >= 11 is 3.28. The smallest absolute Gasteiger partial charge is 0.303 e. The monoisotopic (exact) mass is 530 g/mol. The van der Waals surface area contributed by atoms with Crippen LogP contribution >= 0.6 is 15.9 Å². The van der Waals surface area contributed by atoms with Crippen LogP contribution in [0.2, 0.25) is 0 Å². The van der Waals surface area contributed by atoms with Gasteiger partial charge in [0.2, 0.25) is 15.9 Å². The zero-order chi connectivity index (χ0) is 23.8. The lowest BCUT2D eigenvalue weighted by Gasteiger charge is -2.19. The van der Waals surface area contributed by atoms with E-state index in [9.17, 15) is 18.0 Å². The fourth-order valence-corrected chi connectivity index (χ4v) is 4.60. The number of carbonyl (C=O) groups is 2. The highest BCUT2D eigenvalue weighted by atomic mass is 79.9. The molecule has 0 spiro atoms. The number of carboxylic acid groups (broad SMARTS) is 1. The van der Waals surface area contributed by atoms with E-state index in [2.05, 4.69) is 26.0 Å². The quantitative estimate of drug-likeness (QED) is 0.366. The third-order valence-electron chi connectivity index (χ3n) is 4.87. The Kier molecular flexibility index (Phi) is 8.37. The number of carbonyl (C=O) groups excluding carboxylic acids is 1. The average Bonchev–Trinajstić information content (AvgIpc) is 2.79. The first kappa shape index (κ1) is 24.6. The van der Waals surface area contributed by atoms with Gasteiger partial charge in [-0.3, -0.25) is 9.59 Å². The third-order valence-corrected chi connectivity index (χ3v) is 6.89. The SMILES string of the molecule is O=C(O)CCc1ccc(NC(=O)[C@@H](Cc2ccccc2)NS(=O)(=O)c2ccc(Br)cc2)cc1. The van der Waals surface area contributed by atoms with Crippen molar-refractivity contribution >= 4 is 43.5 Å². The van der Waals surface area contributed by atoms with Crippen molar-refractivity contribution in [3.8, 4) is 0 Å². The number of carboxylic acids is 1. The summed E-state index contributed by atoms with van der Waals surface area (Å²) in [5.74, 6) is -1.38. The van der Waals surface area contributed by atoms with Crippen LogP contribution in [-0.4, -0.2) is 31.4 Å². The number of benzene rings is 3. The highest BCUT2D eigenvalue weighted by Crippen LogP contribution is 2.17. The van der Waals surface area contributed by atoms with E-state index in [4.69, 9.17) is 5.11 Å². The molecule has 0 heterocycles. The summed E-state index contributed by atoms with van der Waals surface area (Å²) in [6, 6.07) is 21.0. The molecule has 3 aromatic carbocycles. The lowest BCUT2D eigenvalue weighted by molar-refractivity contribution is -0.137. The summed E-state index contributed by atoms with van der Waals surface area (Å²) in [5.41, 5.74) is 2.12. The van der Waals surface area contributed by atoms with Crippen LogP contribution in [0.3, 0.4) is 0 Å². The van der Waals surface area contributed by atoms with Gasteiger partial charge in [0, 0.05) is 16.6 Å². The Morgan fingerprint density at radius 2 is 1.52 bits per heavy atom. The van der Waals surface area contributed by atoms with E-state index in [1.807, 2.05) is 30.3 Å². The number of hydrogen-bond donors (Lipinski definition) is 3. The van der Waals surface area contributed by atoms with Gasteiger partial charge in [-0.25, -0.2) is 8.42 Å². The van der Waals surface area contributed by atoms with Gasteiger partial charge in [0.05, 0.1) is 4.90 Å². The predicted octanol–water partition coefficient (Wildman–Crippen LogP) is 3.99. The summed E-state index contributed by atoms with van der Waals surface area (Å²) in [4.78, 5) is 23.8. The second-order valence-corrected chi connectivity index (χ2v) is 10.0. The van der Waals surface area contributed by atoms with E-state index < -0.39 is 27.9 Å². The number of rotatable bonds is 10. The molecular weight excluding hydrogens is 508 g/mol. The maximum atomic E-state index is 13.1. The molecule has 9 heteroatoms. The van der Waals surface area contributed by atoms with E-state index >= 15 is 0 Å². The van der Waals surface area contributed by atoms with Gasteiger partial charge in [0.1, 0.15) is 6.04 Å². The Labute approximate surface area is 201 Å². The van der Waals surface area contributed by atoms with E-state index in [-0.39, 0.29) is 17.7 Å². The van der Waals surface area contributed by atoms with Crippen molar-refractivity contribution in [3.63, 3.8) is 0 Å². The number of sulfonamides is 1. The Morgan fingerprint density at radius 3 is 2.12 bits per heavy atom. The molecule has 1 atom stereocenters. The molecule has 0 radical (unpaired) electrons. The largest absolute Gasteiger partial charge is 0.481 e. The van der Waals surface area contributed by atoms with Gasteiger partial charge in [0.15, 0.2) is 0 Å². The molecule has 0 bridgehead atoms. The zero-order valence-electron chi connectivity index (χ0n) is 17.6. The van der Waals surface area contributed by atoms with Crippen molar-refractivity contribution < 1.29 is 23.1 Å². The van der Waals surface area contributed by atoms with Crippen LogP contribution in [0.25, 0.3) is 0 Å². The Hall–Kier alpha value is -3.01. The topological polar surface area (TPSA) is 113 Å². The molecule has 3 N–H and O–H groups in total. The van der Waals surface area contributed by atoms with Crippen molar-refractivity contribution in [2.45, 2.75) is 30.2 Å². The first-order valence-electron chi connectivity index (χ1n) is 10.2. The normalized spacial score (nSPS) is 12.2. The molecule has 3 aromatic rings. The fourth-order valence-electron chi connectivity index (χ4n) is 3.14. The second-order valence-electron chi connectivity index (χ2n) is 7.40. The lowest BCUT2D eigenvalue weighted by atomic mass is 10.1. The van der Waals surface area contributed by atoms with Gasteiger partial charge < -0.3 is 10.4 Å². The summed E-state index contributed by atoms with van der Waals surface area (Å²) in [5, 5.41) is 11.6. The van der Waals surface area contributed by atoms with Crippen LogP contribution in [0.4, 0.5) is 5.69 Å². The Balaban J connectivity index is 1.77. The summed E-state index contributed by atoms with van der Waals surface area (Å²) in [6.45, 7) is 0. The van der Waals surface area contributed by atoms with Crippen molar-refractivity contribution in [1.82, 2.24) is 4.72 Å². The summed E-state index contributed by atoms with van der Waals surface area (Å²) < 4.78 is 29.1. The minimum absolute atomic E-state index is 0.0166. The van der Waals surface area contributed by atoms with Gasteiger partial charge in [-0.05, 0) is 60.4 Å². The molecule has 0 aromatic heterocycles. The van der Waals surface area contributed by atoms with E-state index in [0.717, 1.165) is 15.6 Å². The average molecular weight is 531 g/mol. The molecule has 0 fully saturated rings. The summed E-state index contributed by atoms with van der Waals surface area (Å²) in [7, 11) is -3.94.